The Kier molecular flexibility index (Phi) is 7.74. The Labute approximate surface area is 118 Å². The number of benzene rings is 1. The van der Waals surface area contributed by atoms with Crippen LogP contribution in [0.15, 0.2) is 24.3 Å². The van der Waals surface area contributed by atoms with Crippen LogP contribution in [0.5, 0.6) is 0 Å². The van der Waals surface area contributed by atoms with E-state index in [-0.39, 0.29) is 5.91 Å². The van der Waals surface area contributed by atoms with Crippen molar-refractivity contribution in [1.29, 1.82) is 0 Å². The third-order valence-corrected chi connectivity index (χ3v) is 3.56. The fraction of sp³-hybridized carbons (Fsp3) is 0.533. The molecule has 3 heteroatoms. The zero-order chi connectivity index (χ0) is 13.2. The Hall–Kier alpha value is -0.830. The number of rotatable bonds is 8. The summed E-state index contributed by atoms with van der Waals surface area (Å²) in [4.78, 5) is 11.9. The molecule has 100 valence electrons. The highest BCUT2D eigenvalue weighted by Crippen LogP contribution is 2.09. The molecule has 0 saturated heterocycles. The van der Waals surface area contributed by atoms with Crippen LogP contribution in [0.4, 0.5) is 0 Å². The van der Waals surface area contributed by atoms with E-state index < -0.39 is 0 Å². The molecule has 0 fully saturated rings. The number of unbranched alkanes of at least 4 members (excludes halogenated alkanes) is 4. The van der Waals surface area contributed by atoms with Gasteiger partial charge in [0.05, 0.1) is 0 Å². The van der Waals surface area contributed by atoms with Gasteiger partial charge in [0.25, 0.3) is 5.91 Å². The predicted octanol–water partition coefficient (Wildman–Crippen LogP) is 4.28. The van der Waals surface area contributed by atoms with Crippen LogP contribution in [-0.4, -0.2) is 12.5 Å². The number of amides is 1. The highest BCUT2D eigenvalue weighted by atomic mass is 79.9. The minimum atomic E-state index is 0.0355. The monoisotopic (exact) mass is 311 g/mol. The van der Waals surface area contributed by atoms with Crippen molar-refractivity contribution in [2.24, 2.45) is 0 Å². The topological polar surface area (TPSA) is 29.1 Å². The molecular formula is C15H22BrNO. The molecule has 0 atom stereocenters. The van der Waals surface area contributed by atoms with Gasteiger partial charge in [0.15, 0.2) is 0 Å². The second kappa shape index (κ2) is 9.15. The zero-order valence-corrected chi connectivity index (χ0v) is 12.6. The first-order chi connectivity index (χ1) is 8.77. The Morgan fingerprint density at radius 3 is 2.72 bits per heavy atom. The van der Waals surface area contributed by atoms with E-state index in [9.17, 15) is 4.79 Å². The molecule has 0 radical (unpaired) electrons. The van der Waals surface area contributed by atoms with Crippen LogP contribution in [0.1, 0.15) is 54.9 Å². The average Bonchev–Trinajstić information content (AvgIpc) is 2.42. The van der Waals surface area contributed by atoms with Crippen LogP contribution in [0.25, 0.3) is 0 Å². The first-order valence-corrected chi connectivity index (χ1v) is 7.83. The summed E-state index contributed by atoms with van der Waals surface area (Å²) in [6.07, 6.45) is 6.10. The molecule has 0 aliphatic carbocycles. The molecule has 1 amide bonds. The number of hydrogen-bond acceptors (Lipinski definition) is 1. The van der Waals surface area contributed by atoms with E-state index in [1.54, 1.807) is 0 Å². The van der Waals surface area contributed by atoms with Crippen LogP contribution < -0.4 is 5.32 Å². The number of hydrogen-bond donors (Lipinski definition) is 1. The van der Waals surface area contributed by atoms with E-state index >= 15 is 0 Å². The number of carbonyl (C=O) groups is 1. The van der Waals surface area contributed by atoms with Gasteiger partial charge in [-0.15, -0.1) is 0 Å². The van der Waals surface area contributed by atoms with E-state index in [1.807, 2.05) is 24.3 Å². The summed E-state index contributed by atoms with van der Waals surface area (Å²) < 4.78 is 0. The summed E-state index contributed by atoms with van der Waals surface area (Å²) in [5.74, 6) is 0.0355. The molecule has 1 aromatic rings. The third-order valence-electron chi connectivity index (χ3n) is 2.91. The van der Waals surface area contributed by atoms with Gasteiger partial charge in [-0.25, -0.2) is 0 Å². The van der Waals surface area contributed by atoms with Gasteiger partial charge < -0.3 is 5.32 Å². The van der Waals surface area contributed by atoms with E-state index in [4.69, 9.17) is 0 Å². The van der Waals surface area contributed by atoms with Crippen molar-refractivity contribution in [2.45, 2.75) is 44.4 Å². The van der Waals surface area contributed by atoms with Crippen molar-refractivity contribution in [3.8, 4) is 0 Å². The van der Waals surface area contributed by atoms with Crippen molar-refractivity contribution in [1.82, 2.24) is 5.32 Å². The molecule has 1 N–H and O–H groups in total. The average molecular weight is 312 g/mol. The van der Waals surface area contributed by atoms with Crippen molar-refractivity contribution >= 4 is 21.8 Å². The molecule has 0 saturated carbocycles. The Morgan fingerprint density at radius 2 is 2.00 bits per heavy atom. The van der Waals surface area contributed by atoms with Crippen LogP contribution in [-0.2, 0) is 5.33 Å². The number of nitrogens with one attached hydrogen (secondary N) is 1. The summed E-state index contributed by atoms with van der Waals surface area (Å²) >= 11 is 3.40. The predicted molar refractivity (Wildman–Crippen MR) is 80.2 cm³/mol. The van der Waals surface area contributed by atoms with Crippen LogP contribution in [0.2, 0.25) is 0 Å². The molecule has 0 aliphatic heterocycles. The van der Waals surface area contributed by atoms with Crippen molar-refractivity contribution in [3.05, 3.63) is 35.4 Å². The molecule has 2 nitrogen and oxygen atoms in total. The molecule has 0 bridgehead atoms. The lowest BCUT2D eigenvalue weighted by atomic mass is 10.1. The number of alkyl halides is 1. The fourth-order valence-corrected chi connectivity index (χ4v) is 2.18. The highest BCUT2D eigenvalue weighted by Gasteiger charge is 2.04. The van der Waals surface area contributed by atoms with Crippen molar-refractivity contribution < 1.29 is 4.79 Å². The summed E-state index contributed by atoms with van der Waals surface area (Å²) in [5.41, 5.74) is 1.88. The number of carbonyl (C=O) groups excluding carboxylic acids is 1. The SMILES string of the molecule is CCCCCCCNC(=O)c1cccc(CBr)c1. The molecule has 18 heavy (non-hydrogen) atoms. The maximum absolute atomic E-state index is 11.9. The fourth-order valence-electron chi connectivity index (χ4n) is 1.83. The van der Waals surface area contributed by atoms with E-state index in [1.165, 1.54) is 25.7 Å². The standard InChI is InChI=1S/C15H22BrNO/c1-2-3-4-5-6-10-17-15(18)14-9-7-8-13(11-14)12-16/h7-9,11H,2-6,10,12H2,1H3,(H,17,18). The van der Waals surface area contributed by atoms with Crippen molar-refractivity contribution in [2.75, 3.05) is 6.54 Å². The van der Waals surface area contributed by atoms with Gasteiger partial charge in [0.2, 0.25) is 0 Å². The van der Waals surface area contributed by atoms with Gasteiger partial charge in [0.1, 0.15) is 0 Å². The zero-order valence-electron chi connectivity index (χ0n) is 11.0. The van der Waals surface area contributed by atoms with Crippen LogP contribution in [0, 0.1) is 0 Å². The summed E-state index contributed by atoms with van der Waals surface area (Å²) in [5, 5.41) is 3.76. The molecule has 0 aliphatic rings. The maximum atomic E-state index is 11.9. The Bertz CT molecular complexity index is 365. The molecule has 1 aromatic carbocycles. The van der Waals surface area contributed by atoms with E-state index in [2.05, 4.69) is 28.2 Å². The third kappa shape index (κ3) is 5.67. The quantitative estimate of drug-likeness (QED) is 0.563. The van der Waals surface area contributed by atoms with Gasteiger partial charge in [-0.05, 0) is 24.1 Å². The van der Waals surface area contributed by atoms with Gasteiger partial charge >= 0.3 is 0 Å². The normalized spacial score (nSPS) is 10.3. The van der Waals surface area contributed by atoms with Crippen LogP contribution in [0.3, 0.4) is 0 Å². The summed E-state index contributed by atoms with van der Waals surface area (Å²) in [7, 11) is 0. The minimum Gasteiger partial charge on any atom is -0.352 e. The Morgan fingerprint density at radius 1 is 1.22 bits per heavy atom. The lowest BCUT2D eigenvalue weighted by molar-refractivity contribution is 0.0953. The molecule has 1 rings (SSSR count). The van der Waals surface area contributed by atoms with Crippen LogP contribution >= 0.6 is 15.9 Å². The minimum absolute atomic E-state index is 0.0355. The first-order valence-electron chi connectivity index (χ1n) is 6.71. The molecular weight excluding hydrogens is 290 g/mol. The maximum Gasteiger partial charge on any atom is 0.251 e. The van der Waals surface area contributed by atoms with Crippen molar-refractivity contribution in [3.63, 3.8) is 0 Å². The summed E-state index contributed by atoms with van der Waals surface area (Å²) in [6.45, 7) is 2.99. The van der Waals surface area contributed by atoms with Gasteiger partial charge in [0, 0.05) is 17.4 Å². The first kappa shape index (κ1) is 15.2. The largest absolute Gasteiger partial charge is 0.352 e. The molecule has 0 aromatic heterocycles. The van der Waals surface area contributed by atoms with E-state index in [0.717, 1.165) is 29.4 Å². The molecule has 0 spiro atoms. The lowest BCUT2D eigenvalue weighted by Crippen LogP contribution is -2.24. The van der Waals surface area contributed by atoms with Gasteiger partial charge in [-0.1, -0.05) is 60.7 Å². The number of halogens is 1. The second-order valence-electron chi connectivity index (χ2n) is 4.50. The smallest absolute Gasteiger partial charge is 0.251 e. The lowest BCUT2D eigenvalue weighted by Gasteiger charge is -2.06. The summed E-state index contributed by atoms with van der Waals surface area (Å²) in [6, 6.07) is 7.72. The molecule has 0 heterocycles. The highest BCUT2D eigenvalue weighted by molar-refractivity contribution is 9.08. The molecule has 0 unspecified atom stereocenters. The van der Waals surface area contributed by atoms with E-state index in [0.29, 0.717) is 0 Å². The Balaban J connectivity index is 2.27. The van der Waals surface area contributed by atoms with Gasteiger partial charge in [-0.2, -0.15) is 0 Å². The van der Waals surface area contributed by atoms with Gasteiger partial charge in [-0.3, -0.25) is 4.79 Å². The second-order valence-corrected chi connectivity index (χ2v) is 5.06.